The van der Waals surface area contributed by atoms with Crippen LogP contribution in [0.4, 0.5) is 0 Å². The first-order chi connectivity index (χ1) is 3.27. The number of aliphatic hydroxyl groups is 1. The first kappa shape index (κ1) is 6.69. The van der Waals surface area contributed by atoms with Crippen LogP contribution in [-0.4, -0.2) is 31.3 Å². The molecule has 7 heavy (non-hydrogen) atoms. The zero-order valence-electron chi connectivity index (χ0n) is 4.44. The van der Waals surface area contributed by atoms with Crippen molar-refractivity contribution in [3.05, 3.63) is 0 Å². The van der Waals surface area contributed by atoms with Gasteiger partial charge in [0.2, 0.25) is 0 Å². The van der Waals surface area contributed by atoms with Crippen LogP contribution in [0.2, 0.25) is 0 Å². The summed E-state index contributed by atoms with van der Waals surface area (Å²) < 4.78 is 0. The summed E-state index contributed by atoms with van der Waals surface area (Å²) in [6.07, 6.45) is 0. The SMILES string of the molecule is [B]=C(O)CNCC. The van der Waals surface area contributed by atoms with Crippen molar-refractivity contribution >= 4 is 13.1 Å². The van der Waals surface area contributed by atoms with Gasteiger partial charge in [0.1, 0.15) is 0 Å². The molecular formula is C4H9BNO. The van der Waals surface area contributed by atoms with Gasteiger partial charge in [-0.2, -0.15) is 0 Å². The molecule has 0 amide bonds. The van der Waals surface area contributed by atoms with Crippen molar-refractivity contribution in [2.45, 2.75) is 6.92 Å². The summed E-state index contributed by atoms with van der Waals surface area (Å²) in [5, 5.41) is 11.2. The maximum absolute atomic E-state index is 8.32. The average molecular weight is 97.9 g/mol. The predicted molar refractivity (Wildman–Crippen MR) is 31.2 cm³/mol. The van der Waals surface area contributed by atoms with Gasteiger partial charge in [-0.15, -0.1) is 0 Å². The van der Waals surface area contributed by atoms with E-state index < -0.39 is 0 Å². The van der Waals surface area contributed by atoms with Crippen LogP contribution >= 0.6 is 0 Å². The number of rotatable bonds is 3. The number of aliphatic hydroxyl groups excluding tert-OH is 1. The molecule has 0 aliphatic heterocycles. The number of likely N-dealkylation sites (N-methyl/N-ethyl adjacent to an activating group) is 1. The molecule has 1 radical (unpaired) electrons. The molecule has 0 atom stereocenters. The third-order valence-corrected chi connectivity index (χ3v) is 0.556. The van der Waals surface area contributed by atoms with Crippen LogP contribution < -0.4 is 5.32 Å². The fourth-order valence-electron chi connectivity index (χ4n) is 0.253. The van der Waals surface area contributed by atoms with Crippen LogP contribution in [0.25, 0.3) is 0 Å². The van der Waals surface area contributed by atoms with Crippen molar-refractivity contribution in [2.75, 3.05) is 13.1 Å². The van der Waals surface area contributed by atoms with Gasteiger partial charge >= 0.3 is 43.6 Å². The van der Waals surface area contributed by atoms with E-state index in [1.807, 2.05) is 6.92 Å². The maximum atomic E-state index is 8.32. The summed E-state index contributed by atoms with van der Waals surface area (Å²) in [4.78, 5) is 0. The predicted octanol–water partition coefficient (Wildman–Crippen LogP) is -0.733. The molecule has 0 aromatic heterocycles. The summed E-state index contributed by atoms with van der Waals surface area (Å²) in [6.45, 7) is 3.18. The molecule has 0 aliphatic carbocycles. The zero-order chi connectivity index (χ0) is 5.70. The van der Waals surface area contributed by atoms with Gasteiger partial charge in [-0.3, -0.25) is 0 Å². The average Bonchev–Trinajstić information content (AvgIpc) is 1.61. The van der Waals surface area contributed by atoms with E-state index >= 15 is 0 Å². The molecule has 0 bridgehead atoms. The van der Waals surface area contributed by atoms with Crippen molar-refractivity contribution < 1.29 is 5.11 Å². The summed E-state index contributed by atoms with van der Waals surface area (Å²) in [6, 6.07) is 0. The molecule has 2 N–H and O–H groups in total. The third kappa shape index (κ3) is 5.69. The Morgan fingerprint density at radius 1 is 1.86 bits per heavy atom. The Bertz CT molecular complexity index is 64.7. The van der Waals surface area contributed by atoms with Gasteiger partial charge in [-0.25, -0.2) is 0 Å². The second-order valence-corrected chi connectivity index (χ2v) is 1.27. The fourth-order valence-corrected chi connectivity index (χ4v) is 0.253. The van der Waals surface area contributed by atoms with Crippen LogP contribution in [0.1, 0.15) is 6.92 Å². The second kappa shape index (κ2) is 3.87. The molecule has 0 fully saturated rings. The van der Waals surface area contributed by atoms with E-state index in [1.54, 1.807) is 0 Å². The number of nitrogens with one attached hydrogen (secondary N) is 1. The Morgan fingerprint density at radius 3 is 2.57 bits per heavy atom. The Morgan fingerprint density at radius 2 is 2.43 bits per heavy atom. The summed E-state index contributed by atoms with van der Waals surface area (Å²) in [5.74, 6) is 0. The van der Waals surface area contributed by atoms with Gasteiger partial charge in [0.05, 0.1) is 0 Å². The third-order valence-electron chi connectivity index (χ3n) is 0.556. The van der Waals surface area contributed by atoms with Crippen LogP contribution in [0.3, 0.4) is 0 Å². The molecule has 0 spiro atoms. The van der Waals surface area contributed by atoms with Crippen LogP contribution in [0.5, 0.6) is 0 Å². The molecule has 0 saturated heterocycles. The molecule has 0 aliphatic rings. The van der Waals surface area contributed by atoms with E-state index in [9.17, 15) is 0 Å². The molecule has 0 aromatic carbocycles. The van der Waals surface area contributed by atoms with Crippen molar-refractivity contribution in [1.82, 2.24) is 5.32 Å². The second-order valence-electron chi connectivity index (χ2n) is 1.27. The van der Waals surface area contributed by atoms with E-state index in [0.29, 0.717) is 6.54 Å². The van der Waals surface area contributed by atoms with E-state index in [2.05, 4.69) is 5.32 Å². The fraction of sp³-hybridized carbons (Fsp3) is 0.750. The van der Waals surface area contributed by atoms with Gasteiger partial charge < -0.3 is 0 Å². The summed E-state index contributed by atoms with van der Waals surface area (Å²) >= 11 is 0. The quantitative estimate of drug-likeness (QED) is 0.456. The van der Waals surface area contributed by atoms with Gasteiger partial charge in [0.25, 0.3) is 0 Å². The Kier molecular flexibility index (Phi) is 3.70. The molecule has 0 rings (SSSR count). The molecular weight excluding hydrogens is 88.9 g/mol. The van der Waals surface area contributed by atoms with Gasteiger partial charge in [0.15, 0.2) is 0 Å². The van der Waals surface area contributed by atoms with Crippen molar-refractivity contribution in [1.29, 1.82) is 0 Å². The molecule has 3 heteroatoms. The minimum atomic E-state index is -0.0538. The van der Waals surface area contributed by atoms with E-state index in [-0.39, 0.29) is 5.65 Å². The van der Waals surface area contributed by atoms with Gasteiger partial charge in [-0.1, -0.05) is 0 Å². The van der Waals surface area contributed by atoms with E-state index in [4.69, 9.17) is 12.6 Å². The molecule has 0 saturated carbocycles. The molecule has 39 valence electrons. The van der Waals surface area contributed by atoms with E-state index in [0.717, 1.165) is 6.54 Å². The first-order valence-corrected chi connectivity index (χ1v) is 2.28. The first-order valence-electron chi connectivity index (χ1n) is 2.28. The standard InChI is InChI=1S/C4H9BNO/c1-2-6-3-4(5)7/h6-7H,2-3H2,1H3. The minimum absolute atomic E-state index is 0.0538. The number of hydrogen-bond acceptors (Lipinski definition) is 2. The van der Waals surface area contributed by atoms with Crippen LogP contribution in [0, 0.1) is 0 Å². The summed E-state index contributed by atoms with van der Waals surface area (Å²) in [7, 11) is 4.89. The molecule has 0 unspecified atom stereocenters. The Labute approximate surface area is 44.6 Å². The summed E-state index contributed by atoms with van der Waals surface area (Å²) in [5.41, 5.74) is -0.0538. The van der Waals surface area contributed by atoms with Crippen molar-refractivity contribution in [3.8, 4) is 0 Å². The van der Waals surface area contributed by atoms with Crippen molar-refractivity contribution in [3.63, 3.8) is 0 Å². The molecule has 2 nitrogen and oxygen atoms in total. The van der Waals surface area contributed by atoms with Crippen molar-refractivity contribution in [2.24, 2.45) is 0 Å². The van der Waals surface area contributed by atoms with Crippen LogP contribution in [-0.2, 0) is 0 Å². The van der Waals surface area contributed by atoms with E-state index in [1.165, 1.54) is 0 Å². The normalized spacial score (nSPS) is 8.57. The zero-order valence-corrected chi connectivity index (χ0v) is 4.44. The Hall–Kier alpha value is -0.305. The Balaban J connectivity index is 2.82. The van der Waals surface area contributed by atoms with Crippen LogP contribution in [0.15, 0.2) is 0 Å². The van der Waals surface area contributed by atoms with Gasteiger partial charge in [0, 0.05) is 0 Å². The molecule has 0 aromatic rings. The van der Waals surface area contributed by atoms with Gasteiger partial charge in [-0.05, 0) is 0 Å². The topological polar surface area (TPSA) is 32.3 Å². The number of hydrogen-bond donors (Lipinski definition) is 2. The monoisotopic (exact) mass is 98.1 g/mol. The molecule has 0 heterocycles.